The Kier molecular flexibility index (Phi) is 4.35. The smallest absolute Gasteiger partial charge is 0.337 e. The Bertz CT molecular complexity index is 732. The molecule has 0 atom stereocenters. The second-order valence-corrected chi connectivity index (χ2v) is 5.00. The Morgan fingerprint density at radius 1 is 1.05 bits per heavy atom. The molecule has 0 saturated heterocycles. The third kappa shape index (κ3) is 3.45. The molecule has 21 heavy (non-hydrogen) atoms. The van der Waals surface area contributed by atoms with Gasteiger partial charge in [-0.15, -0.1) is 0 Å². The van der Waals surface area contributed by atoms with Crippen molar-refractivity contribution in [2.45, 2.75) is 0 Å². The van der Waals surface area contributed by atoms with Crippen molar-refractivity contribution in [2.24, 2.45) is 0 Å². The third-order valence-electron chi connectivity index (χ3n) is 2.72. The molecule has 2 rings (SSSR count). The number of carbonyl (C=O) groups excluding carboxylic acids is 1. The number of nitrogens with one attached hydrogen (secondary N) is 1. The van der Waals surface area contributed by atoms with Gasteiger partial charge in [0.25, 0.3) is 5.91 Å². The molecular formula is C14H10Cl2N2O3. The van der Waals surface area contributed by atoms with Gasteiger partial charge in [-0.3, -0.25) is 4.79 Å². The first kappa shape index (κ1) is 15.2. The highest BCUT2D eigenvalue weighted by molar-refractivity contribution is 6.34. The van der Waals surface area contributed by atoms with Gasteiger partial charge in [0.05, 0.1) is 21.3 Å². The van der Waals surface area contributed by atoms with Gasteiger partial charge >= 0.3 is 5.97 Å². The summed E-state index contributed by atoms with van der Waals surface area (Å²) in [6.45, 7) is 0. The maximum Gasteiger partial charge on any atom is 0.337 e. The first-order valence-corrected chi connectivity index (χ1v) is 6.53. The number of carboxylic acid groups (broad SMARTS) is 1. The zero-order valence-corrected chi connectivity index (χ0v) is 12.1. The van der Waals surface area contributed by atoms with Crippen molar-refractivity contribution in [1.82, 2.24) is 0 Å². The van der Waals surface area contributed by atoms with E-state index in [-0.39, 0.29) is 15.6 Å². The zero-order chi connectivity index (χ0) is 15.6. The van der Waals surface area contributed by atoms with Crippen LogP contribution in [-0.4, -0.2) is 17.0 Å². The van der Waals surface area contributed by atoms with E-state index < -0.39 is 11.9 Å². The van der Waals surface area contributed by atoms with Crippen LogP contribution in [0.2, 0.25) is 10.0 Å². The topological polar surface area (TPSA) is 92.4 Å². The average Bonchev–Trinajstić information content (AvgIpc) is 2.41. The van der Waals surface area contributed by atoms with Gasteiger partial charge in [0.1, 0.15) is 0 Å². The SMILES string of the molecule is Nc1ccc(C(=O)Nc2ccc(C(=O)O)c(Cl)c2)cc1Cl. The summed E-state index contributed by atoms with van der Waals surface area (Å²) in [5, 5.41) is 11.8. The van der Waals surface area contributed by atoms with Crippen molar-refractivity contribution < 1.29 is 14.7 Å². The second kappa shape index (κ2) is 6.03. The molecule has 5 nitrogen and oxygen atoms in total. The lowest BCUT2D eigenvalue weighted by atomic mass is 10.1. The molecule has 0 aliphatic rings. The molecule has 0 aliphatic carbocycles. The largest absolute Gasteiger partial charge is 0.478 e. The van der Waals surface area contributed by atoms with E-state index in [0.29, 0.717) is 16.9 Å². The van der Waals surface area contributed by atoms with Crippen molar-refractivity contribution in [1.29, 1.82) is 0 Å². The first-order chi connectivity index (χ1) is 9.88. The van der Waals surface area contributed by atoms with Gasteiger partial charge in [-0.2, -0.15) is 0 Å². The molecule has 0 unspecified atom stereocenters. The summed E-state index contributed by atoms with van der Waals surface area (Å²) in [6, 6.07) is 8.63. The number of hydrogen-bond acceptors (Lipinski definition) is 3. The number of hydrogen-bond donors (Lipinski definition) is 3. The molecule has 0 radical (unpaired) electrons. The number of anilines is 2. The third-order valence-corrected chi connectivity index (χ3v) is 3.36. The average molecular weight is 325 g/mol. The summed E-state index contributed by atoms with van der Waals surface area (Å²) >= 11 is 11.7. The van der Waals surface area contributed by atoms with Crippen LogP contribution < -0.4 is 11.1 Å². The number of aromatic carboxylic acids is 1. The van der Waals surface area contributed by atoms with Crippen molar-refractivity contribution >= 4 is 46.5 Å². The van der Waals surface area contributed by atoms with E-state index in [1.807, 2.05) is 0 Å². The number of rotatable bonds is 3. The van der Waals surface area contributed by atoms with Crippen molar-refractivity contribution in [3.63, 3.8) is 0 Å². The molecule has 2 aromatic carbocycles. The van der Waals surface area contributed by atoms with Gasteiger partial charge in [-0.25, -0.2) is 4.79 Å². The van der Waals surface area contributed by atoms with Gasteiger partial charge in [-0.1, -0.05) is 23.2 Å². The van der Waals surface area contributed by atoms with Gasteiger partial charge < -0.3 is 16.2 Å². The number of nitrogens with two attached hydrogens (primary N) is 1. The standard InChI is InChI=1S/C14H10Cl2N2O3/c15-10-6-8(2-3-9(10)14(20)21)18-13(19)7-1-4-12(17)11(16)5-7/h1-6H,17H2,(H,18,19)(H,20,21). The molecule has 0 heterocycles. The predicted molar refractivity (Wildman–Crippen MR) is 82.2 cm³/mol. The van der Waals surface area contributed by atoms with Crippen LogP contribution in [0.3, 0.4) is 0 Å². The van der Waals surface area contributed by atoms with Crippen LogP contribution >= 0.6 is 23.2 Å². The highest BCUT2D eigenvalue weighted by Crippen LogP contribution is 2.23. The lowest BCUT2D eigenvalue weighted by molar-refractivity contribution is 0.0697. The minimum absolute atomic E-state index is 0.0369. The highest BCUT2D eigenvalue weighted by atomic mass is 35.5. The Balaban J connectivity index is 2.21. The van der Waals surface area contributed by atoms with E-state index in [9.17, 15) is 9.59 Å². The number of amides is 1. The molecule has 0 fully saturated rings. The van der Waals surface area contributed by atoms with Crippen LogP contribution in [0.15, 0.2) is 36.4 Å². The Hall–Kier alpha value is -2.24. The summed E-state index contributed by atoms with van der Waals surface area (Å²) < 4.78 is 0. The number of halogens is 2. The fraction of sp³-hybridized carbons (Fsp3) is 0. The highest BCUT2D eigenvalue weighted by Gasteiger charge is 2.12. The molecule has 0 bridgehead atoms. The lowest BCUT2D eigenvalue weighted by Gasteiger charge is -2.08. The van der Waals surface area contributed by atoms with E-state index in [2.05, 4.69) is 5.32 Å². The van der Waals surface area contributed by atoms with E-state index in [0.717, 1.165) is 0 Å². The van der Waals surface area contributed by atoms with Gasteiger partial charge in [0.2, 0.25) is 0 Å². The van der Waals surface area contributed by atoms with Crippen LogP contribution in [0.4, 0.5) is 11.4 Å². The summed E-state index contributed by atoms with van der Waals surface area (Å²) in [4.78, 5) is 22.9. The van der Waals surface area contributed by atoms with Gasteiger partial charge in [0.15, 0.2) is 0 Å². The number of benzene rings is 2. The molecule has 4 N–H and O–H groups in total. The lowest BCUT2D eigenvalue weighted by Crippen LogP contribution is -2.12. The molecule has 2 aromatic rings. The minimum Gasteiger partial charge on any atom is -0.478 e. The normalized spacial score (nSPS) is 10.2. The summed E-state index contributed by atoms with van der Waals surface area (Å²) in [7, 11) is 0. The monoisotopic (exact) mass is 324 g/mol. The van der Waals surface area contributed by atoms with Crippen LogP contribution in [0.25, 0.3) is 0 Å². The number of nitrogen functional groups attached to an aromatic ring is 1. The molecule has 7 heteroatoms. The summed E-state index contributed by atoms with van der Waals surface area (Å²) in [5.41, 5.74) is 6.61. The molecule has 0 spiro atoms. The maximum atomic E-state index is 12.0. The van der Waals surface area contributed by atoms with E-state index >= 15 is 0 Å². The van der Waals surface area contributed by atoms with Crippen molar-refractivity contribution in [2.75, 3.05) is 11.1 Å². The van der Waals surface area contributed by atoms with Crippen LogP contribution in [0.5, 0.6) is 0 Å². The minimum atomic E-state index is -1.14. The number of carboxylic acids is 1. The van der Waals surface area contributed by atoms with E-state index in [1.165, 1.54) is 36.4 Å². The van der Waals surface area contributed by atoms with Gasteiger partial charge in [-0.05, 0) is 36.4 Å². The Morgan fingerprint density at radius 2 is 1.76 bits per heavy atom. The molecule has 108 valence electrons. The first-order valence-electron chi connectivity index (χ1n) is 5.77. The molecule has 0 aromatic heterocycles. The number of carbonyl (C=O) groups is 2. The fourth-order valence-electron chi connectivity index (χ4n) is 1.64. The second-order valence-electron chi connectivity index (χ2n) is 4.19. The van der Waals surface area contributed by atoms with Crippen molar-refractivity contribution in [3.05, 3.63) is 57.6 Å². The Morgan fingerprint density at radius 3 is 2.33 bits per heavy atom. The molecule has 1 amide bonds. The summed E-state index contributed by atoms with van der Waals surface area (Å²) in [6.07, 6.45) is 0. The summed E-state index contributed by atoms with van der Waals surface area (Å²) in [5.74, 6) is -1.54. The van der Waals surface area contributed by atoms with Crippen molar-refractivity contribution in [3.8, 4) is 0 Å². The quantitative estimate of drug-likeness (QED) is 0.753. The maximum absolute atomic E-state index is 12.0. The van der Waals surface area contributed by atoms with Crippen LogP contribution in [0, 0.1) is 0 Å². The Labute approximate surface area is 130 Å². The molecule has 0 saturated carbocycles. The van der Waals surface area contributed by atoms with E-state index in [4.69, 9.17) is 34.0 Å². The zero-order valence-electron chi connectivity index (χ0n) is 10.6. The van der Waals surface area contributed by atoms with E-state index in [1.54, 1.807) is 0 Å². The molecule has 0 aliphatic heterocycles. The van der Waals surface area contributed by atoms with Crippen LogP contribution in [-0.2, 0) is 0 Å². The van der Waals surface area contributed by atoms with Crippen LogP contribution in [0.1, 0.15) is 20.7 Å². The van der Waals surface area contributed by atoms with Gasteiger partial charge in [0, 0.05) is 11.3 Å². The molecular weight excluding hydrogens is 315 g/mol. The predicted octanol–water partition coefficient (Wildman–Crippen LogP) is 3.53. The fourth-order valence-corrected chi connectivity index (χ4v) is 2.08.